The molecule has 0 spiro atoms. The number of hydrogen-bond acceptors (Lipinski definition) is 9. The fraction of sp³-hybridized carbons (Fsp3) is 0.318. The summed E-state index contributed by atoms with van der Waals surface area (Å²) in [5, 5.41) is 27.3. The van der Waals surface area contributed by atoms with Crippen LogP contribution >= 0.6 is 11.3 Å². The molecule has 0 bridgehead atoms. The van der Waals surface area contributed by atoms with Crippen LogP contribution in [0.25, 0.3) is 0 Å². The van der Waals surface area contributed by atoms with E-state index < -0.39 is 36.6 Å². The van der Waals surface area contributed by atoms with Gasteiger partial charge in [-0.3, -0.25) is 14.7 Å². The summed E-state index contributed by atoms with van der Waals surface area (Å²) in [6, 6.07) is 4.06. The van der Waals surface area contributed by atoms with Crippen LogP contribution in [0.1, 0.15) is 33.2 Å². The van der Waals surface area contributed by atoms with Crippen molar-refractivity contribution in [1.82, 2.24) is 40.7 Å². The SMILES string of the molecule is O=C(Cc1ccn[nH]1)Nc1nnc(CCC(F)Cn2cc(C(=O)NCc3cc(OC(F)(F)F)ccc3F)nn2)s1. The predicted octanol–water partition coefficient (Wildman–Crippen LogP) is 2.97. The van der Waals surface area contributed by atoms with E-state index in [-0.39, 0.29) is 48.1 Å². The summed E-state index contributed by atoms with van der Waals surface area (Å²) in [6.45, 7) is -0.676. The molecule has 12 nitrogen and oxygen atoms in total. The number of aryl methyl sites for hydroxylation is 1. The fourth-order valence-electron chi connectivity index (χ4n) is 3.34. The van der Waals surface area contributed by atoms with E-state index in [1.54, 1.807) is 6.07 Å². The second-order valence-electron chi connectivity index (χ2n) is 8.25. The normalized spacial score (nSPS) is 12.2. The molecule has 1 unspecified atom stereocenters. The van der Waals surface area contributed by atoms with E-state index in [2.05, 4.69) is 46.1 Å². The molecule has 1 atom stereocenters. The number of H-pyrrole nitrogens is 1. The Bertz CT molecular complexity index is 1440. The number of ether oxygens (including phenoxy) is 1. The smallest absolute Gasteiger partial charge is 0.406 e. The van der Waals surface area contributed by atoms with Gasteiger partial charge in [-0.25, -0.2) is 13.5 Å². The first kappa shape index (κ1) is 28.5. The highest BCUT2D eigenvalue weighted by Gasteiger charge is 2.31. The maximum Gasteiger partial charge on any atom is 0.573 e. The van der Waals surface area contributed by atoms with Gasteiger partial charge in [0.25, 0.3) is 5.91 Å². The zero-order chi connectivity index (χ0) is 28.7. The molecule has 0 aliphatic rings. The van der Waals surface area contributed by atoms with Gasteiger partial charge in [-0.05, 0) is 30.7 Å². The van der Waals surface area contributed by atoms with Crippen molar-refractivity contribution in [2.24, 2.45) is 0 Å². The van der Waals surface area contributed by atoms with Gasteiger partial charge < -0.3 is 15.4 Å². The Morgan fingerprint density at radius 2 is 2.00 bits per heavy atom. The summed E-state index contributed by atoms with van der Waals surface area (Å²) in [7, 11) is 0. The summed E-state index contributed by atoms with van der Waals surface area (Å²) in [5.74, 6) is -2.59. The van der Waals surface area contributed by atoms with Crippen molar-refractivity contribution < 1.29 is 36.3 Å². The van der Waals surface area contributed by atoms with E-state index in [0.717, 1.165) is 34.2 Å². The van der Waals surface area contributed by atoms with Crippen LogP contribution in [-0.4, -0.2) is 59.7 Å². The molecule has 4 aromatic rings. The highest BCUT2D eigenvalue weighted by Crippen LogP contribution is 2.25. The van der Waals surface area contributed by atoms with E-state index in [1.165, 1.54) is 12.4 Å². The average molecular weight is 586 g/mol. The monoisotopic (exact) mass is 585 g/mol. The molecule has 0 radical (unpaired) electrons. The molecule has 3 N–H and O–H groups in total. The Morgan fingerprint density at radius 3 is 2.75 bits per heavy atom. The molecule has 40 heavy (non-hydrogen) atoms. The van der Waals surface area contributed by atoms with Gasteiger partial charge >= 0.3 is 6.36 Å². The predicted molar refractivity (Wildman–Crippen MR) is 128 cm³/mol. The quantitative estimate of drug-likeness (QED) is 0.215. The number of benzene rings is 1. The van der Waals surface area contributed by atoms with Gasteiger partial charge in [-0.15, -0.1) is 28.5 Å². The highest BCUT2D eigenvalue weighted by molar-refractivity contribution is 7.15. The lowest BCUT2D eigenvalue weighted by Crippen LogP contribution is -2.24. The van der Waals surface area contributed by atoms with E-state index in [1.807, 2.05) is 0 Å². The van der Waals surface area contributed by atoms with Gasteiger partial charge in [0.2, 0.25) is 11.0 Å². The molecule has 3 aromatic heterocycles. The third-order valence-corrected chi connectivity index (χ3v) is 6.04. The Balaban J connectivity index is 1.22. The number of aromatic nitrogens is 7. The number of amides is 2. The van der Waals surface area contributed by atoms with Gasteiger partial charge in [0.1, 0.15) is 22.7 Å². The van der Waals surface area contributed by atoms with E-state index in [4.69, 9.17) is 0 Å². The number of hydrogen-bond donors (Lipinski definition) is 3. The maximum absolute atomic E-state index is 14.5. The molecule has 0 aliphatic heterocycles. The Morgan fingerprint density at radius 1 is 1.18 bits per heavy atom. The van der Waals surface area contributed by atoms with Gasteiger partial charge in [0.15, 0.2) is 5.69 Å². The minimum Gasteiger partial charge on any atom is -0.406 e. The number of alkyl halides is 4. The third-order valence-electron chi connectivity index (χ3n) is 5.14. The van der Waals surface area contributed by atoms with E-state index in [9.17, 15) is 31.5 Å². The van der Waals surface area contributed by atoms with E-state index in [0.29, 0.717) is 10.7 Å². The number of aromatic amines is 1. The number of halogens is 5. The zero-order valence-electron chi connectivity index (χ0n) is 20.3. The topological polar surface area (TPSA) is 153 Å². The highest BCUT2D eigenvalue weighted by atomic mass is 32.1. The summed E-state index contributed by atoms with van der Waals surface area (Å²) < 4.78 is 70.5. The lowest BCUT2D eigenvalue weighted by Gasteiger charge is -2.11. The van der Waals surface area contributed by atoms with Crippen molar-refractivity contribution in [2.45, 2.75) is 44.9 Å². The minimum absolute atomic E-state index is 0.0493. The molecule has 18 heteroatoms. The second-order valence-corrected chi connectivity index (χ2v) is 9.32. The number of carbonyl (C=O) groups excluding carboxylic acids is 2. The largest absolute Gasteiger partial charge is 0.573 e. The fourth-order valence-corrected chi connectivity index (χ4v) is 4.11. The molecule has 0 saturated carbocycles. The van der Waals surface area contributed by atoms with Crippen molar-refractivity contribution in [3.63, 3.8) is 0 Å². The van der Waals surface area contributed by atoms with Crippen LogP contribution in [-0.2, 0) is 30.7 Å². The van der Waals surface area contributed by atoms with E-state index >= 15 is 0 Å². The maximum atomic E-state index is 14.5. The van der Waals surface area contributed by atoms with Gasteiger partial charge in [-0.1, -0.05) is 16.6 Å². The Hall–Kier alpha value is -4.48. The molecule has 3 heterocycles. The van der Waals surface area contributed by atoms with Crippen LogP contribution in [0.2, 0.25) is 0 Å². The Kier molecular flexibility index (Phi) is 8.97. The first-order valence-corrected chi connectivity index (χ1v) is 12.3. The summed E-state index contributed by atoms with van der Waals surface area (Å²) >= 11 is 1.11. The molecule has 0 aliphatic carbocycles. The number of rotatable bonds is 12. The molecule has 1 aromatic carbocycles. The number of anilines is 1. The van der Waals surface area contributed by atoms with Crippen molar-refractivity contribution in [3.05, 3.63) is 64.4 Å². The van der Waals surface area contributed by atoms with Crippen LogP contribution in [0, 0.1) is 5.82 Å². The Labute approximate surface area is 225 Å². The van der Waals surface area contributed by atoms with Crippen molar-refractivity contribution in [2.75, 3.05) is 5.32 Å². The lowest BCUT2D eigenvalue weighted by atomic mass is 10.2. The molecule has 2 amide bonds. The van der Waals surface area contributed by atoms with Gasteiger partial charge in [0.05, 0.1) is 19.2 Å². The first-order chi connectivity index (χ1) is 19.0. The average Bonchev–Trinajstić information content (AvgIpc) is 3.65. The summed E-state index contributed by atoms with van der Waals surface area (Å²) in [5.41, 5.74) is 0.188. The van der Waals surface area contributed by atoms with Crippen LogP contribution in [0.5, 0.6) is 5.75 Å². The molecule has 4 rings (SSSR count). The summed E-state index contributed by atoms with van der Waals surface area (Å²) in [6.07, 6.45) is -3.26. The van der Waals surface area contributed by atoms with Crippen molar-refractivity contribution >= 4 is 28.3 Å². The first-order valence-electron chi connectivity index (χ1n) is 11.5. The van der Waals surface area contributed by atoms with Crippen LogP contribution in [0.3, 0.4) is 0 Å². The van der Waals surface area contributed by atoms with Crippen molar-refractivity contribution in [3.8, 4) is 5.75 Å². The van der Waals surface area contributed by atoms with Crippen LogP contribution in [0.4, 0.5) is 27.1 Å². The molecule has 212 valence electrons. The van der Waals surface area contributed by atoms with Crippen LogP contribution < -0.4 is 15.4 Å². The number of nitrogens with one attached hydrogen (secondary N) is 3. The number of nitrogens with zero attached hydrogens (tertiary/aromatic N) is 6. The third kappa shape index (κ3) is 8.52. The van der Waals surface area contributed by atoms with Crippen molar-refractivity contribution in [1.29, 1.82) is 0 Å². The molecule has 0 saturated heterocycles. The molecular formula is C22H20F5N9O3S. The molecule has 0 fully saturated rings. The zero-order valence-corrected chi connectivity index (χ0v) is 21.1. The molecular weight excluding hydrogens is 565 g/mol. The lowest BCUT2D eigenvalue weighted by molar-refractivity contribution is -0.274. The standard InChI is InChI=1S/C22H20F5N9O3S/c23-13(1-4-19-33-34-21(40-19)30-18(37)8-14-5-6-29-31-14)10-36-11-17(32-35-36)20(38)28-9-12-7-15(2-3-16(12)24)39-22(25,26)27/h2-3,5-7,11,13H,1,4,8-10H2,(H,28,38)(H,29,31)(H,30,34,37). The second kappa shape index (κ2) is 12.6. The minimum atomic E-state index is -4.95. The number of carbonyl (C=O) groups is 2. The van der Waals surface area contributed by atoms with Gasteiger partial charge in [-0.2, -0.15) is 5.10 Å². The van der Waals surface area contributed by atoms with Gasteiger partial charge in [0, 0.05) is 30.4 Å². The summed E-state index contributed by atoms with van der Waals surface area (Å²) in [4.78, 5) is 24.3. The van der Waals surface area contributed by atoms with Crippen LogP contribution in [0.15, 0.2) is 36.7 Å².